The molecule has 0 saturated carbocycles. The molecule has 7 atom stereocenters. The average Bonchev–Trinajstić information content (AvgIpc) is 3.66. The zero-order valence-corrected chi connectivity index (χ0v) is 56.9. The number of ether oxygens (including phenoxy) is 2. The third-order valence-electron chi connectivity index (χ3n) is 18.9. The molecule has 1 saturated heterocycles. The molecule has 1 amide bonds. The van der Waals surface area contributed by atoms with Crippen molar-refractivity contribution in [2.45, 2.75) is 455 Å². The van der Waals surface area contributed by atoms with Crippen molar-refractivity contribution >= 4 is 5.91 Å². The summed E-state index contributed by atoms with van der Waals surface area (Å²) in [4.78, 5) is 13.2. The number of amides is 1. The van der Waals surface area contributed by atoms with E-state index in [-0.39, 0.29) is 12.5 Å². The number of carbonyl (C=O) groups is 1. The number of nitrogens with one attached hydrogen (secondary N) is 1. The molecule has 0 aliphatic carbocycles. The predicted molar refractivity (Wildman–Crippen MR) is 364 cm³/mol. The Bertz CT molecular complexity index is 1350. The number of unbranched alkanes of at least 4 members (excludes halogenated alkanes) is 57. The molecule has 9 nitrogen and oxygen atoms in total. The van der Waals surface area contributed by atoms with Crippen molar-refractivity contribution in [1.82, 2.24) is 5.32 Å². The van der Waals surface area contributed by atoms with Gasteiger partial charge in [-0.2, -0.15) is 0 Å². The van der Waals surface area contributed by atoms with Crippen LogP contribution in [0.5, 0.6) is 0 Å². The van der Waals surface area contributed by atoms with Gasteiger partial charge < -0.3 is 40.3 Å². The highest BCUT2D eigenvalue weighted by Crippen LogP contribution is 2.24. The lowest BCUT2D eigenvalue weighted by atomic mass is 9.99. The maximum atomic E-state index is 13.2. The second-order valence-electron chi connectivity index (χ2n) is 27.2. The van der Waals surface area contributed by atoms with Gasteiger partial charge in [-0.05, 0) is 38.5 Å². The Labute approximate surface area is 528 Å². The number of aliphatic hydroxyl groups excluding tert-OH is 5. The van der Waals surface area contributed by atoms with E-state index in [9.17, 15) is 30.3 Å². The summed E-state index contributed by atoms with van der Waals surface area (Å²) in [5.74, 6) is -0.133. The molecule has 0 aromatic heterocycles. The van der Waals surface area contributed by atoms with Crippen LogP contribution in [0.15, 0.2) is 12.2 Å². The second-order valence-corrected chi connectivity index (χ2v) is 27.2. The van der Waals surface area contributed by atoms with Crippen molar-refractivity contribution in [2.75, 3.05) is 13.2 Å². The molecule has 1 fully saturated rings. The molecule has 6 N–H and O–H groups in total. The molecule has 0 aromatic rings. The van der Waals surface area contributed by atoms with Crippen LogP contribution in [0, 0.1) is 0 Å². The van der Waals surface area contributed by atoms with Gasteiger partial charge in [0, 0.05) is 6.42 Å². The topological polar surface area (TPSA) is 149 Å². The molecule has 1 heterocycles. The monoisotopic (exact) mass is 1200 g/mol. The Morgan fingerprint density at radius 2 is 0.659 bits per heavy atom. The molecular weight excluding hydrogens is 1050 g/mol. The number of hydrogen-bond acceptors (Lipinski definition) is 8. The number of allylic oxidation sites excluding steroid dienone is 2. The molecule has 0 spiro atoms. The minimum absolute atomic E-state index is 0.131. The van der Waals surface area contributed by atoms with E-state index in [1.807, 2.05) is 0 Å². The van der Waals surface area contributed by atoms with E-state index >= 15 is 0 Å². The van der Waals surface area contributed by atoms with Gasteiger partial charge in [-0.25, -0.2) is 0 Å². The first kappa shape index (κ1) is 81.9. The largest absolute Gasteiger partial charge is 0.394 e. The smallest absolute Gasteiger partial charge is 0.220 e. The first-order valence-electron chi connectivity index (χ1n) is 38.4. The van der Waals surface area contributed by atoms with Gasteiger partial charge in [-0.15, -0.1) is 0 Å². The van der Waals surface area contributed by atoms with E-state index in [2.05, 4.69) is 31.3 Å². The molecule has 9 heteroatoms. The SMILES string of the molecule is CCCCCCCCCC/C=C\CCCCCCCCCCCCCCCCCCCCCCCCCCCCCC(=O)NC(COC1OC(CO)C(O)C(O)C1O)C(O)CCCCCCCCCCCCCCCCCCCCCCCCC. The first-order valence-corrected chi connectivity index (χ1v) is 38.4. The normalized spacial score (nSPS) is 18.0. The summed E-state index contributed by atoms with van der Waals surface area (Å²) >= 11 is 0. The van der Waals surface area contributed by atoms with Gasteiger partial charge in [0.2, 0.25) is 5.91 Å². The fourth-order valence-corrected chi connectivity index (χ4v) is 12.9. The molecule has 506 valence electrons. The van der Waals surface area contributed by atoms with E-state index in [4.69, 9.17) is 9.47 Å². The maximum absolute atomic E-state index is 13.2. The van der Waals surface area contributed by atoms with Crippen molar-refractivity contribution in [3.63, 3.8) is 0 Å². The lowest BCUT2D eigenvalue weighted by Gasteiger charge is -2.40. The van der Waals surface area contributed by atoms with E-state index in [0.717, 1.165) is 38.5 Å². The fraction of sp³-hybridized carbons (Fsp3) is 0.961. The zero-order valence-electron chi connectivity index (χ0n) is 56.9. The van der Waals surface area contributed by atoms with Crippen LogP contribution in [0.25, 0.3) is 0 Å². The number of aliphatic hydroxyl groups is 5. The van der Waals surface area contributed by atoms with Gasteiger partial charge in [-0.1, -0.05) is 379 Å². The summed E-state index contributed by atoms with van der Waals surface area (Å²) in [7, 11) is 0. The lowest BCUT2D eigenvalue weighted by Crippen LogP contribution is -2.60. The van der Waals surface area contributed by atoms with E-state index < -0.39 is 49.5 Å². The van der Waals surface area contributed by atoms with Gasteiger partial charge in [-0.3, -0.25) is 4.79 Å². The van der Waals surface area contributed by atoms with E-state index in [1.165, 1.54) is 347 Å². The molecule has 7 unspecified atom stereocenters. The van der Waals surface area contributed by atoms with Crippen LogP contribution < -0.4 is 5.32 Å². The summed E-state index contributed by atoms with van der Waals surface area (Å²) < 4.78 is 11.4. The molecular formula is C76H149NO8. The van der Waals surface area contributed by atoms with Crippen molar-refractivity contribution in [1.29, 1.82) is 0 Å². The summed E-state index contributed by atoms with van der Waals surface area (Å²) in [6.07, 6.45) is 78.9. The van der Waals surface area contributed by atoms with Gasteiger partial charge in [0.25, 0.3) is 0 Å². The van der Waals surface area contributed by atoms with Crippen molar-refractivity contribution in [3.05, 3.63) is 12.2 Å². The van der Waals surface area contributed by atoms with Crippen LogP contribution in [0.1, 0.15) is 412 Å². The van der Waals surface area contributed by atoms with E-state index in [1.54, 1.807) is 0 Å². The third kappa shape index (κ3) is 54.4. The molecule has 0 radical (unpaired) electrons. The Hall–Kier alpha value is -1.07. The van der Waals surface area contributed by atoms with Gasteiger partial charge >= 0.3 is 0 Å². The highest BCUT2D eigenvalue weighted by Gasteiger charge is 2.44. The van der Waals surface area contributed by atoms with Crippen LogP contribution in [0.3, 0.4) is 0 Å². The molecule has 0 bridgehead atoms. The van der Waals surface area contributed by atoms with Crippen molar-refractivity contribution in [3.8, 4) is 0 Å². The van der Waals surface area contributed by atoms with Crippen molar-refractivity contribution < 1.29 is 39.8 Å². The van der Waals surface area contributed by atoms with E-state index in [0.29, 0.717) is 12.8 Å². The Balaban J connectivity index is 2.02. The standard InChI is InChI=1S/C76H149NO8/c1-3-5-7-9-11-13-15-17-19-21-23-25-27-28-29-30-31-32-33-34-35-36-37-38-39-40-41-42-44-46-48-50-52-54-56-58-60-62-64-66-72(80)77-69(68-84-76-75(83)74(82)73(81)71(67-78)85-76)70(79)65-63-61-59-57-55-53-51-49-47-45-43-26-24-22-20-18-16-14-12-10-8-6-4-2/h21,23,69-71,73-76,78-79,81-83H,3-20,22,24-68H2,1-2H3,(H,77,80)/b23-21-. The quantitative estimate of drug-likeness (QED) is 0.0261. The fourth-order valence-electron chi connectivity index (χ4n) is 12.9. The lowest BCUT2D eigenvalue weighted by molar-refractivity contribution is -0.302. The van der Waals surface area contributed by atoms with Crippen LogP contribution in [-0.2, 0) is 14.3 Å². The molecule has 1 aliphatic heterocycles. The minimum atomic E-state index is -1.55. The highest BCUT2D eigenvalue weighted by atomic mass is 16.7. The van der Waals surface area contributed by atoms with Gasteiger partial charge in [0.1, 0.15) is 24.4 Å². The van der Waals surface area contributed by atoms with Crippen LogP contribution in [0.4, 0.5) is 0 Å². The minimum Gasteiger partial charge on any atom is -0.394 e. The highest BCUT2D eigenvalue weighted by molar-refractivity contribution is 5.76. The Morgan fingerprint density at radius 3 is 0.953 bits per heavy atom. The summed E-state index contributed by atoms with van der Waals surface area (Å²) in [5, 5.41) is 55.0. The summed E-state index contributed by atoms with van der Waals surface area (Å²) in [6.45, 7) is 3.91. The number of hydrogen-bond donors (Lipinski definition) is 6. The predicted octanol–water partition coefficient (Wildman–Crippen LogP) is 21.4. The zero-order chi connectivity index (χ0) is 61.4. The third-order valence-corrected chi connectivity index (χ3v) is 18.9. The Kier molecular flexibility index (Phi) is 63.5. The second kappa shape index (κ2) is 65.9. The molecule has 1 aliphatic rings. The molecule has 85 heavy (non-hydrogen) atoms. The van der Waals surface area contributed by atoms with Crippen LogP contribution in [0.2, 0.25) is 0 Å². The average molecular weight is 1210 g/mol. The summed E-state index contributed by atoms with van der Waals surface area (Å²) in [6, 6.07) is -0.716. The van der Waals surface area contributed by atoms with Crippen LogP contribution >= 0.6 is 0 Å². The molecule has 1 rings (SSSR count). The first-order chi connectivity index (χ1) is 41.8. The van der Waals surface area contributed by atoms with Gasteiger partial charge in [0.05, 0.1) is 25.4 Å². The van der Waals surface area contributed by atoms with Crippen LogP contribution in [-0.4, -0.2) is 87.5 Å². The maximum Gasteiger partial charge on any atom is 0.220 e. The number of rotatable bonds is 69. The Morgan fingerprint density at radius 1 is 0.388 bits per heavy atom. The number of carbonyl (C=O) groups excluding carboxylic acids is 1. The van der Waals surface area contributed by atoms with Gasteiger partial charge in [0.15, 0.2) is 6.29 Å². The summed E-state index contributed by atoms with van der Waals surface area (Å²) in [5.41, 5.74) is 0. The van der Waals surface area contributed by atoms with Crippen molar-refractivity contribution in [2.24, 2.45) is 0 Å². The molecule has 0 aromatic carbocycles.